The van der Waals surface area contributed by atoms with Crippen molar-refractivity contribution in [1.29, 1.82) is 0 Å². The van der Waals surface area contributed by atoms with Gasteiger partial charge in [0.15, 0.2) is 0 Å². The predicted octanol–water partition coefficient (Wildman–Crippen LogP) is 3.53. The van der Waals surface area contributed by atoms with Gasteiger partial charge in [0.1, 0.15) is 16.6 Å². The summed E-state index contributed by atoms with van der Waals surface area (Å²) in [5.74, 6) is -0.281. The Hall–Kier alpha value is -0.470. The van der Waals surface area contributed by atoms with Gasteiger partial charge in [0.25, 0.3) is 0 Å². The van der Waals surface area contributed by atoms with Crippen LogP contribution < -0.4 is 4.74 Å². The zero-order valence-corrected chi connectivity index (χ0v) is 7.92. The average Bonchev–Trinajstić information content (AvgIpc) is 2.00. The van der Waals surface area contributed by atoms with E-state index in [4.69, 9.17) is 27.9 Å². The van der Waals surface area contributed by atoms with E-state index in [1.54, 1.807) is 6.92 Å². The molecule has 0 unspecified atom stereocenters. The summed E-state index contributed by atoms with van der Waals surface area (Å²) in [5, 5.41) is 0.251. The van der Waals surface area contributed by atoms with E-state index < -0.39 is 5.82 Å². The fraction of sp³-hybridized carbons (Fsp3) is 0.250. The van der Waals surface area contributed by atoms with Crippen LogP contribution in [0.2, 0.25) is 10.0 Å². The fourth-order valence-corrected chi connectivity index (χ4v) is 1.15. The molecule has 0 heterocycles. The first-order valence-electron chi connectivity index (χ1n) is 3.42. The molecule has 0 aromatic heterocycles. The van der Waals surface area contributed by atoms with Crippen LogP contribution in [0.15, 0.2) is 12.1 Å². The molecular weight excluding hydrogens is 202 g/mol. The number of hydrogen-bond donors (Lipinski definition) is 0. The van der Waals surface area contributed by atoms with Gasteiger partial charge in [0.05, 0.1) is 6.61 Å². The Labute approximate surface area is 80.0 Å². The van der Waals surface area contributed by atoms with Crippen molar-refractivity contribution in [1.82, 2.24) is 0 Å². The van der Waals surface area contributed by atoms with Gasteiger partial charge in [-0.05, 0) is 13.0 Å². The lowest BCUT2D eigenvalue weighted by Crippen LogP contribution is -1.93. The molecule has 1 aromatic carbocycles. The van der Waals surface area contributed by atoms with Crippen molar-refractivity contribution in [2.45, 2.75) is 6.92 Å². The third-order valence-electron chi connectivity index (χ3n) is 1.26. The number of rotatable bonds is 2. The second kappa shape index (κ2) is 3.97. The van der Waals surface area contributed by atoms with Crippen LogP contribution in [-0.2, 0) is 0 Å². The van der Waals surface area contributed by atoms with Crippen LogP contribution in [0.3, 0.4) is 0 Å². The molecule has 0 aliphatic heterocycles. The smallest absolute Gasteiger partial charge is 0.147 e. The molecule has 0 amide bonds. The summed E-state index contributed by atoms with van der Waals surface area (Å²) in [6, 6.07) is 2.63. The fourth-order valence-electron chi connectivity index (χ4n) is 0.793. The zero-order valence-electron chi connectivity index (χ0n) is 6.40. The van der Waals surface area contributed by atoms with Gasteiger partial charge in [-0.3, -0.25) is 0 Å². The first-order chi connectivity index (χ1) is 5.65. The van der Waals surface area contributed by atoms with Gasteiger partial charge in [-0.2, -0.15) is 0 Å². The molecule has 0 N–H and O–H groups in total. The topological polar surface area (TPSA) is 9.23 Å². The Bertz CT molecular complexity index is 289. The van der Waals surface area contributed by atoms with Crippen LogP contribution in [0.1, 0.15) is 6.92 Å². The van der Waals surface area contributed by atoms with Gasteiger partial charge in [-0.25, -0.2) is 4.39 Å². The quantitative estimate of drug-likeness (QED) is 0.677. The minimum atomic E-state index is -0.562. The highest BCUT2D eigenvalue weighted by Gasteiger charge is 2.08. The third kappa shape index (κ3) is 2.02. The predicted molar refractivity (Wildman–Crippen MR) is 47.6 cm³/mol. The van der Waals surface area contributed by atoms with E-state index in [0.717, 1.165) is 6.07 Å². The molecule has 12 heavy (non-hydrogen) atoms. The van der Waals surface area contributed by atoms with Crippen molar-refractivity contribution in [3.63, 3.8) is 0 Å². The molecule has 1 aromatic rings. The van der Waals surface area contributed by atoms with Crippen LogP contribution in [0.25, 0.3) is 0 Å². The Morgan fingerprint density at radius 3 is 2.67 bits per heavy atom. The molecule has 0 spiro atoms. The molecule has 1 nitrogen and oxygen atoms in total. The highest BCUT2D eigenvalue weighted by molar-refractivity contribution is 6.34. The molecular formula is C8H7Cl2FO. The SMILES string of the molecule is CCOc1cc(Cl)cc(F)c1Cl. The summed E-state index contributed by atoms with van der Waals surface area (Å²) in [6.45, 7) is 2.22. The standard InChI is InChI=1S/C8H7Cl2FO/c1-2-12-7-4-5(9)3-6(11)8(7)10/h3-4H,2H2,1H3. The molecule has 0 fully saturated rings. The lowest BCUT2D eigenvalue weighted by Gasteiger charge is -2.05. The third-order valence-corrected chi connectivity index (χ3v) is 1.84. The molecule has 0 radical (unpaired) electrons. The molecule has 0 atom stereocenters. The summed E-state index contributed by atoms with van der Waals surface area (Å²) < 4.78 is 17.9. The van der Waals surface area contributed by atoms with Crippen LogP contribution in [-0.4, -0.2) is 6.61 Å². The minimum absolute atomic E-state index is 0.0266. The normalized spacial score (nSPS) is 10.0. The van der Waals surface area contributed by atoms with Gasteiger partial charge in [-0.1, -0.05) is 23.2 Å². The van der Waals surface area contributed by atoms with E-state index in [0.29, 0.717) is 6.61 Å². The molecule has 1 rings (SSSR count). The molecule has 0 aliphatic carbocycles. The Morgan fingerprint density at radius 2 is 2.08 bits per heavy atom. The van der Waals surface area contributed by atoms with Crippen molar-refractivity contribution < 1.29 is 9.13 Å². The minimum Gasteiger partial charge on any atom is -0.492 e. The summed E-state index contributed by atoms with van der Waals surface area (Å²) in [4.78, 5) is 0. The molecule has 0 saturated carbocycles. The van der Waals surface area contributed by atoms with Gasteiger partial charge in [-0.15, -0.1) is 0 Å². The van der Waals surface area contributed by atoms with Crippen LogP contribution in [0.4, 0.5) is 4.39 Å². The summed E-state index contributed by atoms with van der Waals surface area (Å²) in [7, 11) is 0. The van der Waals surface area contributed by atoms with E-state index in [1.807, 2.05) is 0 Å². The lowest BCUT2D eigenvalue weighted by molar-refractivity contribution is 0.338. The van der Waals surface area contributed by atoms with Crippen molar-refractivity contribution in [2.75, 3.05) is 6.61 Å². The Balaban J connectivity index is 3.09. The average molecular weight is 209 g/mol. The van der Waals surface area contributed by atoms with E-state index in [2.05, 4.69) is 0 Å². The van der Waals surface area contributed by atoms with Crippen molar-refractivity contribution in [3.05, 3.63) is 28.0 Å². The molecule has 66 valence electrons. The number of ether oxygens (including phenoxy) is 1. The maximum Gasteiger partial charge on any atom is 0.147 e. The highest BCUT2D eigenvalue weighted by atomic mass is 35.5. The molecule has 0 saturated heterocycles. The number of halogens is 3. The lowest BCUT2D eigenvalue weighted by atomic mass is 10.3. The first kappa shape index (κ1) is 9.62. The first-order valence-corrected chi connectivity index (χ1v) is 4.18. The molecule has 4 heteroatoms. The zero-order chi connectivity index (χ0) is 9.14. The Kier molecular flexibility index (Phi) is 3.18. The maximum atomic E-state index is 12.9. The summed E-state index contributed by atoms with van der Waals surface area (Å²) in [5.41, 5.74) is 0. The second-order valence-corrected chi connectivity index (χ2v) is 2.95. The van der Waals surface area contributed by atoms with Gasteiger partial charge < -0.3 is 4.74 Å². The van der Waals surface area contributed by atoms with Crippen LogP contribution in [0.5, 0.6) is 5.75 Å². The largest absolute Gasteiger partial charge is 0.492 e. The molecule has 0 aliphatic rings. The van der Waals surface area contributed by atoms with Crippen molar-refractivity contribution >= 4 is 23.2 Å². The number of benzene rings is 1. The maximum absolute atomic E-state index is 12.9. The van der Waals surface area contributed by atoms with E-state index >= 15 is 0 Å². The summed E-state index contributed by atoms with van der Waals surface area (Å²) in [6.07, 6.45) is 0. The monoisotopic (exact) mass is 208 g/mol. The van der Waals surface area contributed by atoms with Gasteiger partial charge in [0, 0.05) is 11.1 Å². The van der Waals surface area contributed by atoms with Crippen molar-refractivity contribution in [2.24, 2.45) is 0 Å². The molecule has 0 bridgehead atoms. The highest BCUT2D eigenvalue weighted by Crippen LogP contribution is 2.30. The van der Waals surface area contributed by atoms with Gasteiger partial charge >= 0.3 is 0 Å². The van der Waals surface area contributed by atoms with E-state index in [-0.39, 0.29) is 15.8 Å². The van der Waals surface area contributed by atoms with E-state index in [1.165, 1.54) is 6.07 Å². The van der Waals surface area contributed by atoms with E-state index in [9.17, 15) is 4.39 Å². The van der Waals surface area contributed by atoms with Gasteiger partial charge in [0.2, 0.25) is 0 Å². The van der Waals surface area contributed by atoms with Crippen molar-refractivity contribution in [3.8, 4) is 5.75 Å². The van der Waals surface area contributed by atoms with Crippen LogP contribution in [0, 0.1) is 5.82 Å². The second-order valence-electron chi connectivity index (χ2n) is 2.13. The van der Waals surface area contributed by atoms with Crippen LogP contribution >= 0.6 is 23.2 Å². The Morgan fingerprint density at radius 1 is 1.42 bits per heavy atom. The number of hydrogen-bond acceptors (Lipinski definition) is 1. The summed E-state index contributed by atoms with van der Waals surface area (Å²) >= 11 is 11.2.